The van der Waals surface area contributed by atoms with Gasteiger partial charge in [-0.05, 0) is 23.3 Å². The van der Waals surface area contributed by atoms with Crippen LogP contribution in [0.15, 0.2) is 48.8 Å². The molecule has 17 heavy (non-hydrogen) atoms. The Hall–Kier alpha value is -1.87. The van der Waals surface area contributed by atoms with Gasteiger partial charge in [-0.2, -0.15) is 0 Å². The molecule has 0 saturated carbocycles. The molecule has 86 valence electrons. The Labute approximate surface area is 100 Å². The topological polar surface area (TPSA) is 48.1 Å². The van der Waals surface area contributed by atoms with Gasteiger partial charge in [0, 0.05) is 18.8 Å². The summed E-state index contributed by atoms with van der Waals surface area (Å²) in [4.78, 5) is 4.09. The highest BCUT2D eigenvalue weighted by atomic mass is 16.5. The molecule has 0 fully saturated rings. The molecule has 1 aromatic carbocycles. The van der Waals surface area contributed by atoms with E-state index in [0.29, 0.717) is 0 Å². The van der Waals surface area contributed by atoms with E-state index in [0.717, 1.165) is 17.7 Å². The average Bonchev–Trinajstić information content (AvgIpc) is 2.82. The van der Waals surface area contributed by atoms with Gasteiger partial charge in [-0.3, -0.25) is 4.98 Å². The maximum absolute atomic E-state index is 6.21. The average molecular weight is 226 g/mol. The van der Waals surface area contributed by atoms with Crippen LogP contribution in [-0.4, -0.2) is 11.1 Å². The molecule has 0 saturated heterocycles. The third kappa shape index (κ3) is 1.89. The number of benzene rings is 1. The molecule has 2 N–H and O–H groups in total. The minimum absolute atomic E-state index is 0.0107. The van der Waals surface area contributed by atoms with Gasteiger partial charge in [0.2, 0.25) is 0 Å². The molecule has 3 rings (SSSR count). The summed E-state index contributed by atoms with van der Waals surface area (Å²) in [7, 11) is 0. The highest BCUT2D eigenvalue weighted by Crippen LogP contribution is 2.32. The molecule has 2 heterocycles. The van der Waals surface area contributed by atoms with Crippen LogP contribution in [0.3, 0.4) is 0 Å². The number of pyridine rings is 1. The summed E-state index contributed by atoms with van der Waals surface area (Å²) in [5.74, 6) is 0.955. The molecule has 1 aliphatic heterocycles. The van der Waals surface area contributed by atoms with Gasteiger partial charge in [0.05, 0.1) is 6.04 Å². The van der Waals surface area contributed by atoms with Crippen LogP contribution in [0.4, 0.5) is 0 Å². The highest BCUT2D eigenvalue weighted by molar-refractivity contribution is 5.38. The molecule has 0 amide bonds. The SMILES string of the molecule is NC(c1cccnc1)C1Cc2ccccc2O1. The Kier molecular flexibility index (Phi) is 2.53. The summed E-state index contributed by atoms with van der Waals surface area (Å²) in [6, 6.07) is 11.9. The van der Waals surface area contributed by atoms with Gasteiger partial charge in [-0.15, -0.1) is 0 Å². The summed E-state index contributed by atoms with van der Waals surface area (Å²) < 4.78 is 5.87. The maximum Gasteiger partial charge on any atom is 0.123 e. The molecule has 0 bridgehead atoms. The molecular weight excluding hydrogens is 212 g/mol. The van der Waals surface area contributed by atoms with Gasteiger partial charge < -0.3 is 10.5 Å². The second-order valence-corrected chi connectivity index (χ2v) is 4.28. The van der Waals surface area contributed by atoms with Gasteiger partial charge in [0.25, 0.3) is 0 Å². The van der Waals surface area contributed by atoms with E-state index in [1.807, 2.05) is 30.3 Å². The highest BCUT2D eigenvalue weighted by Gasteiger charge is 2.28. The van der Waals surface area contributed by atoms with Crippen molar-refractivity contribution in [3.8, 4) is 5.75 Å². The molecule has 0 aliphatic carbocycles. The third-order valence-electron chi connectivity index (χ3n) is 3.14. The van der Waals surface area contributed by atoms with Gasteiger partial charge >= 0.3 is 0 Å². The zero-order valence-corrected chi connectivity index (χ0v) is 9.41. The minimum atomic E-state index is -0.129. The van der Waals surface area contributed by atoms with Gasteiger partial charge in [-0.25, -0.2) is 0 Å². The predicted molar refractivity (Wildman–Crippen MR) is 65.7 cm³/mol. The van der Waals surface area contributed by atoms with Crippen molar-refractivity contribution >= 4 is 0 Å². The molecule has 0 spiro atoms. The number of nitrogens with zero attached hydrogens (tertiary/aromatic N) is 1. The number of rotatable bonds is 2. The number of hydrogen-bond acceptors (Lipinski definition) is 3. The number of ether oxygens (including phenoxy) is 1. The summed E-state index contributed by atoms with van der Waals surface area (Å²) in [6.45, 7) is 0. The molecular formula is C14H14N2O. The van der Waals surface area contributed by atoms with Crippen molar-refractivity contribution in [2.45, 2.75) is 18.6 Å². The fourth-order valence-electron chi connectivity index (χ4n) is 2.20. The predicted octanol–water partition coefficient (Wildman–Crippen LogP) is 2.09. The van der Waals surface area contributed by atoms with Crippen molar-refractivity contribution in [2.24, 2.45) is 5.73 Å². The van der Waals surface area contributed by atoms with Crippen molar-refractivity contribution in [1.29, 1.82) is 0 Å². The van der Waals surface area contributed by atoms with Crippen LogP contribution in [0.2, 0.25) is 0 Å². The lowest BCUT2D eigenvalue weighted by atomic mass is 10.00. The Morgan fingerprint density at radius 1 is 1.24 bits per heavy atom. The van der Waals surface area contributed by atoms with Crippen LogP contribution in [0.1, 0.15) is 17.2 Å². The second kappa shape index (κ2) is 4.18. The second-order valence-electron chi connectivity index (χ2n) is 4.28. The number of hydrogen-bond donors (Lipinski definition) is 1. The van der Waals surface area contributed by atoms with Crippen molar-refractivity contribution in [3.05, 3.63) is 59.9 Å². The molecule has 0 radical (unpaired) electrons. The monoisotopic (exact) mass is 226 g/mol. The van der Waals surface area contributed by atoms with Gasteiger partial charge in [0.15, 0.2) is 0 Å². The Morgan fingerprint density at radius 2 is 2.12 bits per heavy atom. The first-order chi connectivity index (χ1) is 8.34. The summed E-state index contributed by atoms with van der Waals surface area (Å²) in [5.41, 5.74) is 8.47. The first kappa shape index (κ1) is 10.3. The molecule has 3 heteroatoms. The van der Waals surface area contributed by atoms with Crippen LogP contribution in [-0.2, 0) is 6.42 Å². The van der Waals surface area contributed by atoms with E-state index in [9.17, 15) is 0 Å². The van der Waals surface area contributed by atoms with Gasteiger partial charge in [-0.1, -0.05) is 24.3 Å². The molecule has 2 atom stereocenters. The van der Waals surface area contributed by atoms with Gasteiger partial charge in [0.1, 0.15) is 11.9 Å². The zero-order valence-electron chi connectivity index (χ0n) is 9.41. The van der Waals surface area contributed by atoms with Crippen LogP contribution >= 0.6 is 0 Å². The molecule has 2 aromatic rings. The fourth-order valence-corrected chi connectivity index (χ4v) is 2.20. The Morgan fingerprint density at radius 3 is 2.88 bits per heavy atom. The number of para-hydroxylation sites is 1. The zero-order chi connectivity index (χ0) is 11.7. The molecule has 1 aromatic heterocycles. The summed E-state index contributed by atoms with van der Waals surface area (Å²) in [5, 5.41) is 0. The van der Waals surface area contributed by atoms with Crippen molar-refractivity contribution in [3.63, 3.8) is 0 Å². The standard InChI is InChI=1S/C14H14N2O/c15-14(11-5-3-7-16-9-11)13-8-10-4-1-2-6-12(10)17-13/h1-7,9,13-14H,8,15H2. The number of fused-ring (bicyclic) bond motifs is 1. The number of nitrogens with two attached hydrogens (primary N) is 1. The molecule has 3 nitrogen and oxygen atoms in total. The lowest BCUT2D eigenvalue weighted by molar-refractivity contribution is 0.199. The summed E-state index contributed by atoms with van der Waals surface area (Å²) in [6.07, 6.45) is 4.43. The largest absolute Gasteiger partial charge is 0.488 e. The van der Waals surface area contributed by atoms with E-state index in [1.165, 1.54) is 5.56 Å². The fraction of sp³-hybridized carbons (Fsp3) is 0.214. The lowest BCUT2D eigenvalue weighted by Gasteiger charge is -2.18. The van der Waals surface area contributed by atoms with E-state index in [-0.39, 0.29) is 12.1 Å². The van der Waals surface area contributed by atoms with Crippen molar-refractivity contribution < 1.29 is 4.74 Å². The lowest BCUT2D eigenvalue weighted by Crippen LogP contribution is -2.30. The molecule has 1 aliphatic rings. The smallest absolute Gasteiger partial charge is 0.123 e. The van der Waals surface area contributed by atoms with Crippen LogP contribution in [0.25, 0.3) is 0 Å². The Balaban J connectivity index is 1.81. The van der Waals surface area contributed by atoms with E-state index in [2.05, 4.69) is 11.1 Å². The first-order valence-corrected chi connectivity index (χ1v) is 5.74. The quantitative estimate of drug-likeness (QED) is 0.853. The van der Waals surface area contributed by atoms with E-state index < -0.39 is 0 Å². The van der Waals surface area contributed by atoms with Crippen LogP contribution < -0.4 is 10.5 Å². The first-order valence-electron chi connectivity index (χ1n) is 5.74. The Bertz CT molecular complexity index is 488. The third-order valence-corrected chi connectivity index (χ3v) is 3.14. The molecule has 2 unspecified atom stereocenters. The number of aromatic nitrogens is 1. The van der Waals surface area contributed by atoms with Crippen molar-refractivity contribution in [1.82, 2.24) is 4.98 Å². The van der Waals surface area contributed by atoms with Crippen LogP contribution in [0.5, 0.6) is 5.75 Å². The maximum atomic E-state index is 6.21. The summed E-state index contributed by atoms with van der Waals surface area (Å²) >= 11 is 0. The normalized spacial score (nSPS) is 19.5. The van der Waals surface area contributed by atoms with E-state index in [1.54, 1.807) is 12.4 Å². The minimum Gasteiger partial charge on any atom is -0.488 e. The van der Waals surface area contributed by atoms with Crippen LogP contribution in [0, 0.1) is 0 Å². The van der Waals surface area contributed by atoms with E-state index >= 15 is 0 Å². The van der Waals surface area contributed by atoms with E-state index in [4.69, 9.17) is 10.5 Å². The van der Waals surface area contributed by atoms with Crippen molar-refractivity contribution in [2.75, 3.05) is 0 Å².